The van der Waals surface area contributed by atoms with Gasteiger partial charge in [-0.05, 0) is 25.8 Å². The summed E-state index contributed by atoms with van der Waals surface area (Å²) in [4.78, 5) is 0. The average molecular weight is 165 g/mol. The second-order valence-corrected chi connectivity index (χ2v) is 3.55. The smallest absolute Gasteiger partial charge is 0.116 e. The highest BCUT2D eigenvalue weighted by Crippen LogP contribution is 2.27. The van der Waals surface area contributed by atoms with Crippen LogP contribution in [0.25, 0.3) is 0 Å². The fraction of sp³-hybridized carbons (Fsp3) is 0.600. The Morgan fingerprint density at radius 3 is 3.33 bits per heavy atom. The van der Waals surface area contributed by atoms with Crippen LogP contribution in [0.15, 0.2) is 23.4 Å². The third-order valence-corrected chi connectivity index (χ3v) is 2.54. The lowest BCUT2D eigenvalue weighted by Crippen LogP contribution is -2.20. The first-order valence-corrected chi connectivity index (χ1v) is 4.55. The normalized spacial score (nSPS) is 29.2. The number of ether oxygens (including phenoxy) is 1. The topological polar surface area (TPSA) is 21.3 Å². The fourth-order valence-electron chi connectivity index (χ4n) is 1.83. The van der Waals surface area contributed by atoms with Gasteiger partial charge in [0.1, 0.15) is 6.73 Å². The molecule has 0 radical (unpaired) electrons. The largest absolute Gasteiger partial charge is 0.366 e. The number of fused-ring (bicyclic) bond motifs is 1. The Morgan fingerprint density at radius 1 is 1.50 bits per heavy atom. The molecule has 1 heterocycles. The molecule has 2 aliphatic rings. The van der Waals surface area contributed by atoms with Crippen LogP contribution in [0.3, 0.4) is 0 Å². The third kappa shape index (κ3) is 1.53. The van der Waals surface area contributed by atoms with Gasteiger partial charge in [-0.15, -0.1) is 0 Å². The van der Waals surface area contributed by atoms with E-state index >= 15 is 0 Å². The highest BCUT2D eigenvalue weighted by Gasteiger charge is 2.19. The summed E-state index contributed by atoms with van der Waals surface area (Å²) in [5.74, 6) is 0.678. The van der Waals surface area contributed by atoms with Crippen LogP contribution in [0.2, 0.25) is 0 Å². The van der Waals surface area contributed by atoms with E-state index in [0.29, 0.717) is 12.6 Å². The molecule has 1 saturated heterocycles. The monoisotopic (exact) mass is 165 g/mol. The SMILES string of the molecule is CC1=CC=C2NCOCCC2C1. The van der Waals surface area contributed by atoms with Gasteiger partial charge in [-0.25, -0.2) is 0 Å². The molecular formula is C10H15NO. The van der Waals surface area contributed by atoms with Crippen molar-refractivity contribution in [3.05, 3.63) is 23.4 Å². The summed E-state index contributed by atoms with van der Waals surface area (Å²) < 4.78 is 5.35. The van der Waals surface area contributed by atoms with Crippen molar-refractivity contribution in [1.82, 2.24) is 5.32 Å². The van der Waals surface area contributed by atoms with Crippen molar-refractivity contribution in [1.29, 1.82) is 0 Å². The van der Waals surface area contributed by atoms with Gasteiger partial charge in [0.25, 0.3) is 0 Å². The Morgan fingerprint density at radius 2 is 2.42 bits per heavy atom. The molecule has 1 fully saturated rings. The number of hydrogen-bond acceptors (Lipinski definition) is 2. The minimum absolute atomic E-state index is 0.676. The van der Waals surface area contributed by atoms with Crippen molar-refractivity contribution < 1.29 is 4.74 Å². The van der Waals surface area contributed by atoms with Crippen LogP contribution in [0.5, 0.6) is 0 Å². The standard InChI is InChI=1S/C10H15NO/c1-8-2-3-10-9(6-8)4-5-12-7-11-10/h2-3,9,11H,4-7H2,1H3. The summed E-state index contributed by atoms with van der Waals surface area (Å²) in [6, 6.07) is 0. The van der Waals surface area contributed by atoms with E-state index in [4.69, 9.17) is 4.74 Å². The molecule has 0 bridgehead atoms. The van der Waals surface area contributed by atoms with Crippen molar-refractivity contribution >= 4 is 0 Å². The lowest BCUT2D eigenvalue weighted by Gasteiger charge is -2.21. The Bertz CT molecular complexity index is 230. The molecule has 1 aliphatic heterocycles. The van der Waals surface area contributed by atoms with E-state index in [-0.39, 0.29) is 0 Å². The van der Waals surface area contributed by atoms with Gasteiger partial charge in [0.2, 0.25) is 0 Å². The second kappa shape index (κ2) is 3.31. The van der Waals surface area contributed by atoms with E-state index in [1.165, 1.54) is 17.7 Å². The molecule has 0 aromatic heterocycles. The molecule has 0 aromatic rings. The van der Waals surface area contributed by atoms with Crippen LogP contribution in [-0.2, 0) is 4.74 Å². The van der Waals surface area contributed by atoms with Gasteiger partial charge in [-0.1, -0.05) is 11.6 Å². The van der Waals surface area contributed by atoms with Crippen LogP contribution in [-0.4, -0.2) is 13.3 Å². The van der Waals surface area contributed by atoms with Crippen molar-refractivity contribution in [3.63, 3.8) is 0 Å². The quantitative estimate of drug-likeness (QED) is 0.591. The Balaban J connectivity index is 2.14. The molecule has 1 atom stereocenters. The van der Waals surface area contributed by atoms with Crippen LogP contribution < -0.4 is 5.32 Å². The molecular weight excluding hydrogens is 150 g/mol. The van der Waals surface area contributed by atoms with Gasteiger partial charge in [0, 0.05) is 18.2 Å². The number of nitrogens with one attached hydrogen (secondary N) is 1. The molecule has 66 valence electrons. The van der Waals surface area contributed by atoms with Gasteiger partial charge in [0.05, 0.1) is 0 Å². The van der Waals surface area contributed by atoms with Gasteiger partial charge in [-0.2, -0.15) is 0 Å². The maximum absolute atomic E-state index is 5.35. The minimum Gasteiger partial charge on any atom is -0.366 e. The Kier molecular flexibility index (Phi) is 2.17. The highest BCUT2D eigenvalue weighted by atomic mass is 16.5. The zero-order valence-corrected chi connectivity index (χ0v) is 7.47. The first-order valence-electron chi connectivity index (χ1n) is 4.55. The molecule has 1 N–H and O–H groups in total. The second-order valence-electron chi connectivity index (χ2n) is 3.55. The summed E-state index contributed by atoms with van der Waals surface area (Å²) >= 11 is 0. The highest BCUT2D eigenvalue weighted by molar-refractivity contribution is 5.24. The van der Waals surface area contributed by atoms with Gasteiger partial charge >= 0.3 is 0 Å². The first kappa shape index (κ1) is 7.87. The molecule has 2 rings (SSSR count). The maximum Gasteiger partial charge on any atom is 0.116 e. The van der Waals surface area contributed by atoms with E-state index in [0.717, 1.165) is 13.0 Å². The molecule has 0 saturated carbocycles. The fourth-order valence-corrected chi connectivity index (χ4v) is 1.83. The lowest BCUT2D eigenvalue weighted by atomic mass is 9.90. The van der Waals surface area contributed by atoms with Crippen LogP contribution in [0.4, 0.5) is 0 Å². The molecule has 0 spiro atoms. The maximum atomic E-state index is 5.35. The summed E-state index contributed by atoms with van der Waals surface area (Å²) in [6.07, 6.45) is 6.74. The van der Waals surface area contributed by atoms with Gasteiger partial charge in [0.15, 0.2) is 0 Å². The number of rotatable bonds is 0. The van der Waals surface area contributed by atoms with E-state index in [1.807, 2.05) is 0 Å². The predicted octanol–water partition coefficient (Wildman–Crippen LogP) is 1.80. The Labute approximate surface area is 73.3 Å². The zero-order chi connectivity index (χ0) is 8.39. The molecule has 0 amide bonds. The van der Waals surface area contributed by atoms with Crippen molar-refractivity contribution in [3.8, 4) is 0 Å². The van der Waals surface area contributed by atoms with Gasteiger partial charge in [-0.3, -0.25) is 0 Å². The van der Waals surface area contributed by atoms with Crippen molar-refractivity contribution in [2.45, 2.75) is 19.8 Å². The molecule has 1 unspecified atom stereocenters. The molecule has 1 aliphatic carbocycles. The molecule has 2 nitrogen and oxygen atoms in total. The van der Waals surface area contributed by atoms with Crippen molar-refractivity contribution in [2.75, 3.05) is 13.3 Å². The minimum atomic E-state index is 0.676. The molecule has 2 heteroatoms. The number of hydrogen-bond donors (Lipinski definition) is 1. The third-order valence-electron chi connectivity index (χ3n) is 2.54. The van der Waals surface area contributed by atoms with E-state index in [9.17, 15) is 0 Å². The van der Waals surface area contributed by atoms with Crippen LogP contribution >= 0.6 is 0 Å². The molecule has 12 heavy (non-hydrogen) atoms. The summed E-state index contributed by atoms with van der Waals surface area (Å²) in [6.45, 7) is 3.76. The zero-order valence-electron chi connectivity index (χ0n) is 7.47. The number of allylic oxidation sites excluding steroid dienone is 4. The van der Waals surface area contributed by atoms with E-state index in [2.05, 4.69) is 24.4 Å². The Hall–Kier alpha value is -0.760. The first-order chi connectivity index (χ1) is 5.86. The predicted molar refractivity (Wildman–Crippen MR) is 48.5 cm³/mol. The summed E-state index contributed by atoms with van der Waals surface area (Å²) in [5.41, 5.74) is 2.84. The van der Waals surface area contributed by atoms with Crippen LogP contribution in [0, 0.1) is 5.92 Å². The van der Waals surface area contributed by atoms with Crippen LogP contribution in [0.1, 0.15) is 19.8 Å². The summed E-state index contributed by atoms with van der Waals surface area (Å²) in [7, 11) is 0. The van der Waals surface area contributed by atoms with E-state index in [1.54, 1.807) is 0 Å². The van der Waals surface area contributed by atoms with Crippen molar-refractivity contribution in [2.24, 2.45) is 5.92 Å². The van der Waals surface area contributed by atoms with E-state index < -0.39 is 0 Å². The molecule has 0 aromatic carbocycles. The summed E-state index contributed by atoms with van der Waals surface area (Å²) in [5, 5.41) is 3.30. The average Bonchev–Trinajstić information content (AvgIpc) is 2.28. The lowest BCUT2D eigenvalue weighted by molar-refractivity contribution is 0.131. The van der Waals surface area contributed by atoms with Gasteiger partial charge < -0.3 is 10.1 Å².